The largest absolute Gasteiger partial charge is 0.288 e. The van der Waals surface area contributed by atoms with E-state index in [1.807, 2.05) is 0 Å². The predicted molar refractivity (Wildman–Crippen MR) is 68.9 cm³/mol. The highest BCUT2D eigenvalue weighted by Gasteiger charge is 2.22. The Hall–Kier alpha value is -1.33. The van der Waals surface area contributed by atoms with E-state index in [9.17, 15) is 18.0 Å². The van der Waals surface area contributed by atoms with Crippen LogP contribution in [0.25, 0.3) is 0 Å². The second kappa shape index (κ2) is 5.35. The smallest absolute Gasteiger partial charge is 0.201 e. The highest BCUT2D eigenvalue weighted by atomic mass is 79.9. The molecule has 0 heterocycles. The first kappa shape index (κ1) is 14.1. The van der Waals surface area contributed by atoms with Crippen LogP contribution in [0.3, 0.4) is 0 Å². The van der Waals surface area contributed by atoms with E-state index in [2.05, 4.69) is 15.9 Å². The van der Waals surface area contributed by atoms with Crippen molar-refractivity contribution in [3.8, 4) is 0 Å². The molecule has 0 unspecified atom stereocenters. The first-order valence-electron chi connectivity index (χ1n) is 5.05. The van der Waals surface area contributed by atoms with Crippen LogP contribution in [0, 0.1) is 17.5 Å². The molecule has 0 aliphatic carbocycles. The van der Waals surface area contributed by atoms with E-state index >= 15 is 0 Å². The minimum atomic E-state index is -1.09. The van der Waals surface area contributed by atoms with Gasteiger partial charge >= 0.3 is 0 Å². The first-order valence-corrected chi connectivity index (χ1v) is 6.22. The van der Waals surface area contributed by atoms with Crippen LogP contribution >= 0.6 is 27.5 Å². The van der Waals surface area contributed by atoms with Crippen molar-refractivity contribution >= 4 is 33.3 Å². The van der Waals surface area contributed by atoms with Crippen molar-refractivity contribution in [1.82, 2.24) is 0 Å². The van der Waals surface area contributed by atoms with Gasteiger partial charge in [-0.1, -0.05) is 17.7 Å². The summed E-state index contributed by atoms with van der Waals surface area (Å²) in [6.07, 6.45) is 0. The third kappa shape index (κ3) is 2.67. The topological polar surface area (TPSA) is 17.1 Å². The molecular formula is C13H5BrClF3O. The van der Waals surface area contributed by atoms with Gasteiger partial charge in [0.15, 0.2) is 0 Å². The number of rotatable bonds is 2. The van der Waals surface area contributed by atoms with Crippen LogP contribution in [-0.2, 0) is 0 Å². The molecule has 98 valence electrons. The third-order valence-electron chi connectivity index (χ3n) is 2.44. The quantitative estimate of drug-likeness (QED) is 0.565. The Kier molecular flexibility index (Phi) is 3.96. The van der Waals surface area contributed by atoms with E-state index < -0.39 is 34.4 Å². The van der Waals surface area contributed by atoms with Gasteiger partial charge in [-0.2, -0.15) is 0 Å². The SMILES string of the molecule is O=C(c1cc(Cl)c(Br)cc1F)c1c(F)cccc1F. The average molecular weight is 350 g/mol. The molecule has 1 nitrogen and oxygen atoms in total. The lowest BCUT2D eigenvalue weighted by Gasteiger charge is -2.06. The summed E-state index contributed by atoms with van der Waals surface area (Å²) in [4.78, 5) is 12.0. The van der Waals surface area contributed by atoms with Crippen molar-refractivity contribution in [1.29, 1.82) is 0 Å². The number of carbonyl (C=O) groups is 1. The van der Waals surface area contributed by atoms with Crippen molar-refractivity contribution in [2.75, 3.05) is 0 Å². The van der Waals surface area contributed by atoms with Crippen molar-refractivity contribution in [2.24, 2.45) is 0 Å². The highest BCUT2D eigenvalue weighted by molar-refractivity contribution is 9.10. The van der Waals surface area contributed by atoms with Crippen LogP contribution in [-0.4, -0.2) is 5.78 Å². The zero-order valence-electron chi connectivity index (χ0n) is 9.18. The molecule has 2 aromatic rings. The Labute approximate surface area is 120 Å². The van der Waals surface area contributed by atoms with Gasteiger partial charge in [0.2, 0.25) is 5.78 Å². The number of benzene rings is 2. The van der Waals surface area contributed by atoms with Gasteiger partial charge in [0, 0.05) is 4.47 Å². The molecule has 0 bridgehead atoms. The number of halogens is 5. The van der Waals surface area contributed by atoms with Gasteiger partial charge in [-0.05, 0) is 40.2 Å². The van der Waals surface area contributed by atoms with E-state index in [0.29, 0.717) is 0 Å². The molecule has 19 heavy (non-hydrogen) atoms. The van der Waals surface area contributed by atoms with E-state index in [1.54, 1.807) is 0 Å². The molecule has 6 heteroatoms. The van der Waals surface area contributed by atoms with Gasteiger partial charge < -0.3 is 0 Å². The highest BCUT2D eigenvalue weighted by Crippen LogP contribution is 2.28. The molecule has 0 saturated carbocycles. The molecular weight excluding hydrogens is 344 g/mol. The van der Waals surface area contributed by atoms with E-state index in [1.165, 1.54) is 0 Å². The van der Waals surface area contributed by atoms with Crippen LogP contribution in [0.5, 0.6) is 0 Å². The lowest BCUT2D eigenvalue weighted by molar-refractivity contribution is 0.102. The van der Waals surface area contributed by atoms with Crippen molar-refractivity contribution in [3.05, 3.63) is 68.4 Å². The Morgan fingerprint density at radius 2 is 1.63 bits per heavy atom. The van der Waals surface area contributed by atoms with Gasteiger partial charge in [-0.25, -0.2) is 13.2 Å². The summed E-state index contributed by atoms with van der Waals surface area (Å²) < 4.78 is 40.9. The van der Waals surface area contributed by atoms with E-state index in [4.69, 9.17) is 11.6 Å². The first-order chi connectivity index (χ1) is 8.91. The zero-order chi connectivity index (χ0) is 14.2. The molecule has 0 fully saturated rings. The number of ketones is 1. The third-order valence-corrected chi connectivity index (χ3v) is 3.64. The second-order valence-corrected chi connectivity index (χ2v) is 4.93. The van der Waals surface area contributed by atoms with Crippen molar-refractivity contribution in [2.45, 2.75) is 0 Å². The number of hydrogen-bond donors (Lipinski definition) is 0. The summed E-state index contributed by atoms with van der Waals surface area (Å²) in [6, 6.07) is 4.96. The number of carbonyl (C=O) groups excluding carboxylic acids is 1. The van der Waals surface area contributed by atoms with Gasteiger partial charge in [-0.3, -0.25) is 4.79 Å². The molecule has 0 atom stereocenters. The number of hydrogen-bond acceptors (Lipinski definition) is 1. The average Bonchev–Trinajstić information content (AvgIpc) is 2.33. The molecule has 0 spiro atoms. The minimum Gasteiger partial charge on any atom is -0.288 e. The Morgan fingerprint density at radius 3 is 2.21 bits per heavy atom. The molecule has 0 radical (unpaired) electrons. The van der Waals surface area contributed by atoms with Crippen molar-refractivity contribution < 1.29 is 18.0 Å². The molecule has 0 aromatic heterocycles. The Bertz CT molecular complexity index is 653. The molecule has 0 saturated heterocycles. The Balaban J connectivity index is 2.60. The summed E-state index contributed by atoms with van der Waals surface area (Å²) in [7, 11) is 0. The Morgan fingerprint density at radius 1 is 1.05 bits per heavy atom. The lowest BCUT2D eigenvalue weighted by atomic mass is 10.0. The lowest BCUT2D eigenvalue weighted by Crippen LogP contribution is -2.09. The normalized spacial score (nSPS) is 10.6. The fourth-order valence-corrected chi connectivity index (χ4v) is 2.03. The van der Waals surface area contributed by atoms with Gasteiger partial charge in [0.1, 0.15) is 17.5 Å². The molecule has 0 amide bonds. The molecule has 0 aliphatic heterocycles. The summed E-state index contributed by atoms with van der Waals surface area (Å²) in [5, 5.41) is 0.0708. The predicted octanol–water partition coefficient (Wildman–Crippen LogP) is 4.75. The maximum atomic E-state index is 13.7. The minimum absolute atomic E-state index is 0.0708. The summed E-state index contributed by atoms with van der Waals surface area (Å²) in [5.41, 5.74) is -1.29. The van der Waals surface area contributed by atoms with Crippen LogP contribution < -0.4 is 0 Å². The van der Waals surface area contributed by atoms with Crippen LogP contribution in [0.2, 0.25) is 5.02 Å². The van der Waals surface area contributed by atoms with E-state index in [-0.39, 0.29) is 9.50 Å². The molecule has 0 aliphatic rings. The summed E-state index contributed by atoms with van der Waals surface area (Å²) >= 11 is 8.73. The maximum Gasteiger partial charge on any atom is 0.201 e. The molecule has 2 rings (SSSR count). The van der Waals surface area contributed by atoms with Crippen LogP contribution in [0.15, 0.2) is 34.8 Å². The van der Waals surface area contributed by atoms with Crippen molar-refractivity contribution in [3.63, 3.8) is 0 Å². The fourth-order valence-electron chi connectivity index (χ4n) is 1.55. The summed E-state index contributed by atoms with van der Waals surface area (Å²) in [6.45, 7) is 0. The molecule has 2 aromatic carbocycles. The van der Waals surface area contributed by atoms with E-state index in [0.717, 1.165) is 30.3 Å². The maximum absolute atomic E-state index is 13.7. The van der Waals surface area contributed by atoms with Crippen LogP contribution in [0.1, 0.15) is 15.9 Å². The van der Waals surface area contributed by atoms with Crippen LogP contribution in [0.4, 0.5) is 13.2 Å². The van der Waals surface area contributed by atoms with Gasteiger partial charge in [0.25, 0.3) is 0 Å². The summed E-state index contributed by atoms with van der Waals surface area (Å²) in [5.74, 6) is -4.11. The second-order valence-electron chi connectivity index (χ2n) is 3.67. The molecule has 0 N–H and O–H groups in total. The fraction of sp³-hybridized carbons (Fsp3) is 0. The monoisotopic (exact) mass is 348 g/mol. The van der Waals surface area contributed by atoms with Gasteiger partial charge in [-0.15, -0.1) is 0 Å². The standard InChI is InChI=1S/C13H5BrClF3O/c14-7-5-11(18)6(4-8(7)15)13(19)12-9(16)2-1-3-10(12)17/h1-5H. The van der Waals surface area contributed by atoms with Gasteiger partial charge in [0.05, 0.1) is 16.1 Å². The zero-order valence-corrected chi connectivity index (χ0v) is 11.5.